The number of nitrogens with zero attached hydrogens (tertiary/aromatic N) is 1. The maximum atomic E-state index is 12.7. The minimum absolute atomic E-state index is 0.141. The van der Waals surface area contributed by atoms with Crippen LogP contribution in [0.5, 0.6) is 0 Å². The summed E-state index contributed by atoms with van der Waals surface area (Å²) in [4.78, 5) is 17.6. The van der Waals surface area contributed by atoms with Gasteiger partial charge in [0.15, 0.2) is 0 Å². The van der Waals surface area contributed by atoms with Crippen LogP contribution in [0.3, 0.4) is 0 Å². The SMILES string of the molecule is COC(=O)C1Cc2c(c(-c3ccc(C)cc3)c3c(cnc4ccccc43)c2-c2ccc(C)cc2)C1. The van der Waals surface area contributed by atoms with Gasteiger partial charge in [-0.25, -0.2) is 0 Å². The minimum atomic E-state index is -0.181. The van der Waals surface area contributed by atoms with Crippen molar-refractivity contribution in [2.45, 2.75) is 26.7 Å². The number of carbonyl (C=O) groups is 1. The number of carbonyl (C=O) groups excluding carboxylic acids is 1. The summed E-state index contributed by atoms with van der Waals surface area (Å²) in [5.41, 5.74) is 10.7. The Labute approximate surface area is 205 Å². The van der Waals surface area contributed by atoms with Crippen LogP contribution in [0.15, 0.2) is 79.0 Å². The van der Waals surface area contributed by atoms with Gasteiger partial charge in [-0.05, 0) is 66.1 Å². The first-order chi connectivity index (χ1) is 17.0. The van der Waals surface area contributed by atoms with Crippen LogP contribution in [0.1, 0.15) is 22.3 Å². The number of methoxy groups -OCH3 is 1. The van der Waals surface area contributed by atoms with Crippen LogP contribution in [-0.2, 0) is 22.4 Å². The lowest BCUT2D eigenvalue weighted by Crippen LogP contribution is -2.16. The van der Waals surface area contributed by atoms with E-state index >= 15 is 0 Å². The molecular formula is C32H27NO2. The van der Waals surface area contributed by atoms with Crippen molar-refractivity contribution in [3.8, 4) is 22.3 Å². The van der Waals surface area contributed by atoms with E-state index in [2.05, 4.69) is 80.6 Å². The number of hydrogen-bond donors (Lipinski definition) is 0. The molecule has 0 aliphatic heterocycles. The predicted molar refractivity (Wildman–Crippen MR) is 143 cm³/mol. The Morgan fingerprint density at radius 1 is 0.771 bits per heavy atom. The monoisotopic (exact) mass is 457 g/mol. The fourth-order valence-corrected chi connectivity index (χ4v) is 5.65. The van der Waals surface area contributed by atoms with E-state index < -0.39 is 0 Å². The average molecular weight is 458 g/mol. The lowest BCUT2D eigenvalue weighted by Gasteiger charge is -2.20. The van der Waals surface area contributed by atoms with Crippen LogP contribution < -0.4 is 0 Å². The van der Waals surface area contributed by atoms with Gasteiger partial charge in [-0.1, -0.05) is 77.9 Å². The van der Waals surface area contributed by atoms with Gasteiger partial charge < -0.3 is 4.74 Å². The van der Waals surface area contributed by atoms with Crippen molar-refractivity contribution in [1.82, 2.24) is 4.98 Å². The summed E-state index contributed by atoms with van der Waals surface area (Å²) in [6.45, 7) is 4.22. The molecule has 1 unspecified atom stereocenters. The Kier molecular flexibility index (Phi) is 5.14. The summed E-state index contributed by atoms with van der Waals surface area (Å²) in [6, 6.07) is 25.8. The second-order valence-electron chi connectivity index (χ2n) is 9.63. The van der Waals surface area contributed by atoms with Crippen molar-refractivity contribution in [3.63, 3.8) is 0 Å². The number of pyridine rings is 1. The largest absolute Gasteiger partial charge is 0.469 e. The normalized spacial score (nSPS) is 14.9. The molecule has 3 nitrogen and oxygen atoms in total. The molecule has 6 rings (SSSR count). The number of hydrogen-bond acceptors (Lipinski definition) is 3. The van der Waals surface area contributed by atoms with Gasteiger partial charge in [0.25, 0.3) is 0 Å². The molecule has 0 spiro atoms. The van der Waals surface area contributed by atoms with Gasteiger partial charge in [-0.15, -0.1) is 0 Å². The number of aryl methyl sites for hydroxylation is 2. The second kappa shape index (κ2) is 8.35. The highest BCUT2D eigenvalue weighted by atomic mass is 16.5. The van der Waals surface area contributed by atoms with Crippen molar-refractivity contribution in [2.75, 3.05) is 7.11 Å². The number of ether oxygens (including phenoxy) is 1. The van der Waals surface area contributed by atoms with Gasteiger partial charge in [-0.2, -0.15) is 0 Å². The molecule has 0 amide bonds. The molecule has 1 aliphatic rings. The summed E-state index contributed by atoms with van der Waals surface area (Å²) < 4.78 is 5.20. The van der Waals surface area contributed by atoms with E-state index in [1.165, 1.54) is 51.4 Å². The van der Waals surface area contributed by atoms with Crippen LogP contribution in [0.25, 0.3) is 43.9 Å². The number of esters is 1. The first kappa shape index (κ1) is 21.5. The standard InChI is InChI=1S/C32H27NO2/c1-19-8-12-21(13-9-19)29-25-16-23(32(34)35-3)17-26(25)30(22-14-10-20(2)11-15-22)31-24-6-4-5-7-28(24)33-18-27(29)31/h4-15,18,23H,16-17H2,1-3H3. The maximum Gasteiger partial charge on any atom is 0.309 e. The number of fused-ring (bicyclic) bond motifs is 4. The number of aromatic nitrogens is 1. The fraction of sp³-hybridized carbons (Fsp3) is 0.188. The zero-order chi connectivity index (χ0) is 24.1. The summed E-state index contributed by atoms with van der Waals surface area (Å²) in [6.07, 6.45) is 3.37. The van der Waals surface area contributed by atoms with Crippen molar-refractivity contribution in [2.24, 2.45) is 5.92 Å². The molecule has 0 saturated heterocycles. The Hall–Kier alpha value is -3.98. The van der Waals surface area contributed by atoms with Crippen molar-refractivity contribution < 1.29 is 9.53 Å². The summed E-state index contributed by atoms with van der Waals surface area (Å²) in [5, 5.41) is 3.48. The maximum absolute atomic E-state index is 12.7. The van der Waals surface area contributed by atoms with Gasteiger partial charge in [0.05, 0.1) is 18.5 Å². The molecule has 3 heteroatoms. The van der Waals surface area contributed by atoms with E-state index in [9.17, 15) is 4.79 Å². The Bertz CT molecular complexity index is 1600. The lowest BCUT2D eigenvalue weighted by molar-refractivity contribution is -0.145. The van der Waals surface area contributed by atoms with Crippen molar-refractivity contribution >= 4 is 27.6 Å². The van der Waals surface area contributed by atoms with E-state index in [0.29, 0.717) is 12.8 Å². The third-order valence-electron chi connectivity index (χ3n) is 7.38. The van der Waals surface area contributed by atoms with E-state index in [4.69, 9.17) is 9.72 Å². The van der Waals surface area contributed by atoms with Crippen LogP contribution in [0.2, 0.25) is 0 Å². The summed E-state index contributed by atoms with van der Waals surface area (Å²) in [7, 11) is 1.49. The van der Waals surface area contributed by atoms with Crippen LogP contribution in [0, 0.1) is 19.8 Å². The highest BCUT2D eigenvalue weighted by Gasteiger charge is 2.34. The molecule has 1 aromatic heterocycles. The highest BCUT2D eigenvalue weighted by Crippen LogP contribution is 2.48. The molecule has 1 atom stereocenters. The van der Waals surface area contributed by atoms with E-state index in [1.807, 2.05) is 12.3 Å². The predicted octanol–water partition coefficient (Wildman–Crippen LogP) is 7.23. The number of para-hydroxylation sites is 1. The zero-order valence-corrected chi connectivity index (χ0v) is 20.3. The first-order valence-electron chi connectivity index (χ1n) is 12.1. The molecule has 0 N–H and O–H groups in total. The molecule has 5 aromatic rings. The van der Waals surface area contributed by atoms with Crippen LogP contribution in [0.4, 0.5) is 0 Å². The second-order valence-corrected chi connectivity index (χ2v) is 9.63. The summed E-state index contributed by atoms with van der Waals surface area (Å²) >= 11 is 0. The molecule has 172 valence electrons. The van der Waals surface area contributed by atoms with Crippen molar-refractivity contribution in [3.05, 3.63) is 101 Å². The molecule has 0 saturated carbocycles. The number of rotatable bonds is 3. The van der Waals surface area contributed by atoms with Gasteiger partial charge >= 0.3 is 5.97 Å². The van der Waals surface area contributed by atoms with Crippen molar-refractivity contribution in [1.29, 1.82) is 0 Å². The zero-order valence-electron chi connectivity index (χ0n) is 20.3. The average Bonchev–Trinajstić information content (AvgIpc) is 3.33. The van der Waals surface area contributed by atoms with Gasteiger partial charge in [0.2, 0.25) is 0 Å². The summed E-state index contributed by atoms with van der Waals surface area (Å²) in [5.74, 6) is -0.322. The van der Waals surface area contributed by atoms with Gasteiger partial charge in [-0.3, -0.25) is 9.78 Å². The highest BCUT2D eigenvalue weighted by molar-refractivity contribution is 6.18. The molecule has 1 aliphatic carbocycles. The molecule has 0 bridgehead atoms. The van der Waals surface area contributed by atoms with E-state index in [0.717, 1.165) is 21.9 Å². The minimum Gasteiger partial charge on any atom is -0.469 e. The van der Waals surface area contributed by atoms with E-state index in [1.54, 1.807) is 0 Å². The molecule has 0 radical (unpaired) electrons. The van der Waals surface area contributed by atoms with Crippen LogP contribution in [-0.4, -0.2) is 18.1 Å². The Morgan fingerprint density at radius 3 is 1.97 bits per heavy atom. The molecule has 35 heavy (non-hydrogen) atoms. The Balaban J connectivity index is 1.79. The lowest BCUT2D eigenvalue weighted by atomic mass is 9.84. The third kappa shape index (κ3) is 3.50. The molecule has 0 fully saturated rings. The van der Waals surface area contributed by atoms with Crippen LogP contribution >= 0.6 is 0 Å². The topological polar surface area (TPSA) is 39.2 Å². The molecule has 1 heterocycles. The number of benzene rings is 4. The molecular weight excluding hydrogens is 430 g/mol. The smallest absolute Gasteiger partial charge is 0.309 e. The molecule has 4 aromatic carbocycles. The van der Waals surface area contributed by atoms with Gasteiger partial charge in [0, 0.05) is 22.4 Å². The first-order valence-corrected chi connectivity index (χ1v) is 12.1. The quantitative estimate of drug-likeness (QED) is 0.212. The fourth-order valence-electron chi connectivity index (χ4n) is 5.65. The third-order valence-corrected chi connectivity index (χ3v) is 7.38. The van der Waals surface area contributed by atoms with E-state index in [-0.39, 0.29) is 11.9 Å². The Morgan fingerprint density at radius 2 is 1.34 bits per heavy atom. The van der Waals surface area contributed by atoms with Gasteiger partial charge in [0.1, 0.15) is 0 Å².